The molecule has 1 aromatic carbocycles. The van der Waals surface area contributed by atoms with Crippen molar-refractivity contribution >= 4 is 52.8 Å². The number of ether oxygens (including phenoxy) is 4. The molecule has 0 saturated carbocycles. The molecule has 60 heavy (non-hydrogen) atoms. The lowest BCUT2D eigenvalue weighted by atomic mass is 9.89. The fourth-order valence-corrected chi connectivity index (χ4v) is 5.89. The van der Waals surface area contributed by atoms with Crippen LogP contribution in [-0.4, -0.2) is 129 Å². The topological polar surface area (TPSA) is 271 Å². The van der Waals surface area contributed by atoms with Gasteiger partial charge in [-0.2, -0.15) is 0 Å². The zero-order valence-electron chi connectivity index (χ0n) is 34.9. The molecule has 0 aliphatic carbocycles. The number of urea groups is 1. The number of ketones is 2. The molecule has 0 unspecified atom stereocenters. The van der Waals surface area contributed by atoms with Crippen LogP contribution in [0.1, 0.15) is 77.7 Å². The standard InChI is InChI=1S/C41H62N6O13/c1-28(2)39(45-29(3)49)34(51)24-30(8-6-15-44-41(42)56)40(55)46-32-11-10-31(26-48)35(25-32)60-27-33(50)9-4-5-18-57-20-22-59-23-21-58-19-7-16-43-36(52)14-17-47-37(53)12-13-38(47)54/h10-13,25,28,30,39,48H,4-9,14-24,26-27H2,1-3H3,(H,43,52)(H,45,49)(H,46,55)(H3,42,44,56)/t30-,39+/m1/s1. The van der Waals surface area contributed by atoms with Gasteiger partial charge in [-0.1, -0.05) is 19.9 Å². The maximum Gasteiger partial charge on any atom is 0.312 e. The largest absolute Gasteiger partial charge is 0.485 e. The van der Waals surface area contributed by atoms with Crippen molar-refractivity contribution in [2.75, 3.05) is 71.2 Å². The van der Waals surface area contributed by atoms with Crippen LogP contribution in [-0.2, 0) is 54.4 Å². The van der Waals surface area contributed by atoms with Gasteiger partial charge in [-0.25, -0.2) is 4.79 Å². The summed E-state index contributed by atoms with van der Waals surface area (Å²) < 4.78 is 22.3. The highest BCUT2D eigenvalue weighted by Gasteiger charge is 2.29. The Balaban J connectivity index is 1.63. The van der Waals surface area contributed by atoms with E-state index in [4.69, 9.17) is 24.7 Å². The zero-order chi connectivity index (χ0) is 44.3. The van der Waals surface area contributed by atoms with E-state index in [2.05, 4.69) is 21.3 Å². The van der Waals surface area contributed by atoms with Crippen LogP contribution >= 0.6 is 0 Å². The number of nitrogens with two attached hydrogens (primary N) is 1. The van der Waals surface area contributed by atoms with Crippen molar-refractivity contribution in [3.8, 4) is 5.75 Å². The van der Waals surface area contributed by atoms with E-state index in [0.717, 1.165) is 4.90 Å². The first-order valence-electron chi connectivity index (χ1n) is 20.3. The van der Waals surface area contributed by atoms with Gasteiger partial charge in [-0.3, -0.25) is 38.5 Å². The molecule has 0 saturated heterocycles. The van der Waals surface area contributed by atoms with Gasteiger partial charge in [0.25, 0.3) is 11.8 Å². The smallest absolute Gasteiger partial charge is 0.312 e. The molecule has 0 bridgehead atoms. The number of amides is 7. The third kappa shape index (κ3) is 21.1. The lowest BCUT2D eigenvalue weighted by Crippen LogP contribution is -2.44. The van der Waals surface area contributed by atoms with Crippen molar-refractivity contribution in [2.45, 2.75) is 84.8 Å². The second-order valence-electron chi connectivity index (χ2n) is 14.4. The van der Waals surface area contributed by atoms with Crippen molar-refractivity contribution in [1.29, 1.82) is 0 Å². The second kappa shape index (κ2) is 29.1. The van der Waals surface area contributed by atoms with Crippen LogP contribution in [0.4, 0.5) is 10.5 Å². The molecule has 7 N–H and O–H groups in total. The first-order chi connectivity index (χ1) is 28.7. The second-order valence-corrected chi connectivity index (χ2v) is 14.4. The van der Waals surface area contributed by atoms with Gasteiger partial charge in [-0.15, -0.1) is 0 Å². The van der Waals surface area contributed by atoms with Crippen LogP contribution in [0.25, 0.3) is 0 Å². The minimum atomic E-state index is -0.797. The number of aliphatic hydroxyl groups excluding tert-OH is 1. The molecule has 0 aromatic heterocycles. The van der Waals surface area contributed by atoms with Crippen molar-refractivity contribution in [1.82, 2.24) is 20.9 Å². The van der Waals surface area contributed by atoms with Gasteiger partial charge in [0.2, 0.25) is 17.7 Å². The van der Waals surface area contributed by atoms with Crippen LogP contribution in [0.2, 0.25) is 0 Å². The number of nitrogens with zero attached hydrogens (tertiary/aromatic N) is 1. The fraction of sp³-hybridized carbons (Fsp3) is 0.610. The summed E-state index contributed by atoms with van der Waals surface area (Å²) in [4.78, 5) is 98.0. The maximum absolute atomic E-state index is 13.5. The molecule has 1 heterocycles. The number of benzene rings is 1. The van der Waals surface area contributed by atoms with E-state index in [-0.39, 0.29) is 87.0 Å². The van der Waals surface area contributed by atoms with E-state index in [1.807, 2.05) is 0 Å². The van der Waals surface area contributed by atoms with Crippen molar-refractivity contribution in [3.63, 3.8) is 0 Å². The average Bonchev–Trinajstić information content (AvgIpc) is 3.53. The Morgan fingerprint density at radius 3 is 2.07 bits per heavy atom. The molecule has 1 aliphatic heterocycles. The van der Waals surface area contributed by atoms with Crippen LogP contribution < -0.4 is 31.7 Å². The van der Waals surface area contributed by atoms with E-state index >= 15 is 0 Å². The monoisotopic (exact) mass is 846 g/mol. The van der Waals surface area contributed by atoms with E-state index in [1.54, 1.807) is 26.0 Å². The molecule has 1 aliphatic rings. The summed E-state index contributed by atoms with van der Waals surface area (Å²) in [7, 11) is 0. The maximum atomic E-state index is 13.5. The van der Waals surface area contributed by atoms with Gasteiger partial charge >= 0.3 is 6.03 Å². The number of carbonyl (C=O) groups is 8. The van der Waals surface area contributed by atoms with Crippen molar-refractivity contribution in [3.05, 3.63) is 35.9 Å². The van der Waals surface area contributed by atoms with E-state index in [1.165, 1.54) is 25.1 Å². The number of anilines is 1. The number of imide groups is 1. The highest BCUT2D eigenvalue weighted by atomic mass is 16.5. The predicted octanol–water partition coefficient (Wildman–Crippen LogP) is 1.29. The highest BCUT2D eigenvalue weighted by molar-refractivity contribution is 6.13. The minimum absolute atomic E-state index is 0.0411. The summed E-state index contributed by atoms with van der Waals surface area (Å²) in [6.45, 7) is 7.33. The summed E-state index contributed by atoms with van der Waals surface area (Å²) in [6, 6.07) is 3.15. The number of primary amides is 1. The number of nitrogens with one attached hydrogen (secondary N) is 4. The molecule has 19 nitrogen and oxygen atoms in total. The van der Waals surface area contributed by atoms with Gasteiger partial charge < -0.3 is 51.1 Å². The predicted molar refractivity (Wildman–Crippen MR) is 218 cm³/mol. The molecule has 0 spiro atoms. The van der Waals surface area contributed by atoms with Crippen molar-refractivity contribution < 1.29 is 62.4 Å². The number of hydrogen-bond acceptors (Lipinski definition) is 13. The van der Waals surface area contributed by atoms with Crippen LogP contribution in [0.15, 0.2) is 30.4 Å². The van der Waals surface area contributed by atoms with Crippen molar-refractivity contribution in [2.24, 2.45) is 17.6 Å². The quantitative estimate of drug-likeness (QED) is 0.0431. The summed E-state index contributed by atoms with van der Waals surface area (Å²) in [5.74, 6) is -3.16. The number of Topliss-reactive ketones (excluding diaryl/α,β-unsaturated/α-hetero) is 2. The summed E-state index contributed by atoms with van der Waals surface area (Å²) >= 11 is 0. The lowest BCUT2D eigenvalue weighted by Gasteiger charge is -2.23. The Morgan fingerprint density at radius 1 is 0.817 bits per heavy atom. The number of carbonyl (C=O) groups excluding carboxylic acids is 8. The molecule has 2 atom stereocenters. The van der Waals surface area contributed by atoms with Crippen LogP contribution in [0.3, 0.4) is 0 Å². The third-order valence-electron chi connectivity index (χ3n) is 9.10. The molecular weight excluding hydrogens is 784 g/mol. The Kier molecular flexibility index (Phi) is 24.7. The Morgan fingerprint density at radius 2 is 1.45 bits per heavy atom. The lowest BCUT2D eigenvalue weighted by molar-refractivity contribution is -0.137. The van der Waals surface area contributed by atoms with E-state index in [0.29, 0.717) is 83.1 Å². The van der Waals surface area contributed by atoms with Crippen LogP contribution in [0, 0.1) is 11.8 Å². The van der Waals surface area contributed by atoms with Gasteiger partial charge in [0.15, 0.2) is 11.6 Å². The van der Waals surface area contributed by atoms with Crippen LogP contribution in [0.5, 0.6) is 5.75 Å². The molecule has 7 amide bonds. The summed E-state index contributed by atoms with van der Waals surface area (Å²) in [6.07, 6.45) is 4.92. The number of aliphatic hydroxyl groups is 1. The highest BCUT2D eigenvalue weighted by Crippen LogP contribution is 2.26. The van der Waals surface area contributed by atoms with Gasteiger partial charge in [0, 0.05) is 94.4 Å². The Bertz CT molecular complexity index is 1600. The normalized spacial score (nSPS) is 13.2. The van der Waals surface area contributed by atoms with Gasteiger partial charge in [0.1, 0.15) is 12.4 Å². The summed E-state index contributed by atoms with van der Waals surface area (Å²) in [5, 5.41) is 20.5. The molecule has 0 fully saturated rings. The average molecular weight is 847 g/mol. The van der Waals surface area contributed by atoms with Gasteiger partial charge in [-0.05, 0) is 44.1 Å². The summed E-state index contributed by atoms with van der Waals surface area (Å²) in [5.41, 5.74) is 5.88. The Labute approximate surface area is 350 Å². The number of rotatable bonds is 33. The number of hydrogen-bond donors (Lipinski definition) is 6. The SMILES string of the molecule is CC(=O)N[C@H](C(=O)C[C@@H](CCCNC(N)=O)C(=O)Nc1ccc(CO)c(OCC(=O)CCCCOCCOCCOCCCNC(=O)CCN2C(=O)C=CC2=O)c1)C(C)C. The number of unbranched alkanes of at least 4 members (excludes halogenated alkanes) is 1. The van der Waals surface area contributed by atoms with Gasteiger partial charge in [0.05, 0.1) is 39.1 Å². The Hall–Kier alpha value is -5.24. The zero-order valence-corrected chi connectivity index (χ0v) is 34.9. The molecule has 2 rings (SSSR count). The molecule has 1 aromatic rings. The third-order valence-corrected chi connectivity index (χ3v) is 9.10. The first-order valence-corrected chi connectivity index (χ1v) is 20.3. The molecular formula is C41H62N6O13. The fourth-order valence-electron chi connectivity index (χ4n) is 5.89. The molecule has 0 radical (unpaired) electrons. The van der Waals surface area contributed by atoms with E-state index < -0.39 is 35.7 Å². The molecule has 334 valence electrons. The minimum Gasteiger partial charge on any atom is -0.485 e. The molecule has 19 heteroatoms. The first kappa shape index (κ1) is 50.9. The van der Waals surface area contributed by atoms with E-state index in [9.17, 15) is 43.5 Å².